The molecule has 0 bridgehead atoms. The van der Waals surface area contributed by atoms with Gasteiger partial charge in [0.2, 0.25) is 5.91 Å². The summed E-state index contributed by atoms with van der Waals surface area (Å²) in [4.78, 5) is 12.1. The van der Waals surface area contributed by atoms with E-state index in [9.17, 15) is 4.79 Å². The monoisotopic (exact) mass is 262 g/mol. The zero-order chi connectivity index (χ0) is 13.7. The lowest BCUT2D eigenvalue weighted by molar-refractivity contribution is -0.126. The van der Waals surface area contributed by atoms with E-state index in [1.165, 1.54) is 0 Å². The van der Waals surface area contributed by atoms with Gasteiger partial charge >= 0.3 is 0 Å². The van der Waals surface area contributed by atoms with E-state index >= 15 is 0 Å². The van der Waals surface area contributed by atoms with E-state index in [0.29, 0.717) is 0 Å². The highest BCUT2D eigenvalue weighted by molar-refractivity contribution is 5.79. The zero-order valence-electron chi connectivity index (χ0n) is 11.6. The summed E-state index contributed by atoms with van der Waals surface area (Å²) in [5.74, 6) is 1.09. The number of methoxy groups -OCH3 is 1. The molecule has 1 heterocycles. The molecule has 1 amide bonds. The first-order valence-electron chi connectivity index (χ1n) is 6.85. The fraction of sp³-hybridized carbons (Fsp3) is 0.533. The van der Waals surface area contributed by atoms with Crippen LogP contribution in [0, 0.1) is 5.92 Å². The molecule has 0 aromatic heterocycles. The summed E-state index contributed by atoms with van der Waals surface area (Å²) in [5, 5.41) is 6.35. The quantitative estimate of drug-likeness (QED) is 0.871. The molecule has 1 aromatic rings. The number of piperidine rings is 1. The molecule has 2 N–H and O–H groups in total. The first-order valence-corrected chi connectivity index (χ1v) is 6.85. The molecule has 0 aliphatic carbocycles. The highest BCUT2D eigenvalue weighted by Gasteiger charge is 2.22. The summed E-state index contributed by atoms with van der Waals surface area (Å²) in [6, 6.07) is 7.84. The summed E-state index contributed by atoms with van der Waals surface area (Å²) in [6.45, 7) is 3.83. The number of carbonyl (C=O) groups is 1. The number of ether oxygens (including phenoxy) is 1. The van der Waals surface area contributed by atoms with Gasteiger partial charge in [0.05, 0.1) is 19.1 Å². The molecule has 4 heteroatoms. The molecule has 19 heavy (non-hydrogen) atoms. The van der Waals surface area contributed by atoms with Gasteiger partial charge in [0.1, 0.15) is 5.75 Å². The lowest BCUT2D eigenvalue weighted by Gasteiger charge is -2.24. The molecule has 1 saturated heterocycles. The van der Waals surface area contributed by atoms with Crippen molar-refractivity contribution >= 4 is 5.91 Å². The maximum atomic E-state index is 12.1. The second kappa shape index (κ2) is 6.57. The molecule has 2 rings (SSSR count). The van der Waals surface area contributed by atoms with Crippen LogP contribution in [0.25, 0.3) is 0 Å². The van der Waals surface area contributed by atoms with Gasteiger partial charge in [-0.15, -0.1) is 0 Å². The van der Waals surface area contributed by atoms with Gasteiger partial charge in [0.15, 0.2) is 0 Å². The second-order valence-corrected chi connectivity index (χ2v) is 5.05. The molecule has 0 radical (unpaired) electrons. The number of benzene rings is 1. The van der Waals surface area contributed by atoms with Crippen LogP contribution in [0.1, 0.15) is 31.4 Å². The minimum Gasteiger partial charge on any atom is -0.497 e. The molecule has 0 saturated carbocycles. The molecular weight excluding hydrogens is 240 g/mol. The Morgan fingerprint density at radius 3 is 2.74 bits per heavy atom. The van der Waals surface area contributed by atoms with Crippen LogP contribution in [0.15, 0.2) is 24.3 Å². The number of hydrogen-bond donors (Lipinski definition) is 2. The number of amides is 1. The summed E-state index contributed by atoms with van der Waals surface area (Å²) in [7, 11) is 1.65. The molecule has 1 aromatic carbocycles. The van der Waals surface area contributed by atoms with Crippen LogP contribution < -0.4 is 15.4 Å². The van der Waals surface area contributed by atoms with E-state index in [2.05, 4.69) is 10.6 Å². The van der Waals surface area contributed by atoms with E-state index in [-0.39, 0.29) is 17.9 Å². The van der Waals surface area contributed by atoms with Gasteiger partial charge in [0.25, 0.3) is 0 Å². The Bertz CT molecular complexity index is 411. The smallest absolute Gasteiger partial charge is 0.224 e. The van der Waals surface area contributed by atoms with Crippen molar-refractivity contribution in [2.45, 2.75) is 25.8 Å². The summed E-state index contributed by atoms with van der Waals surface area (Å²) in [5.41, 5.74) is 1.10. The number of carbonyl (C=O) groups excluding carboxylic acids is 1. The molecule has 1 aliphatic heterocycles. The average molecular weight is 262 g/mol. The van der Waals surface area contributed by atoms with Crippen molar-refractivity contribution in [1.29, 1.82) is 0 Å². The molecule has 4 nitrogen and oxygen atoms in total. The summed E-state index contributed by atoms with van der Waals surface area (Å²) in [6.07, 6.45) is 2.06. The third kappa shape index (κ3) is 3.70. The summed E-state index contributed by atoms with van der Waals surface area (Å²) < 4.78 is 5.13. The molecule has 1 unspecified atom stereocenters. The van der Waals surface area contributed by atoms with Crippen LogP contribution in [0.5, 0.6) is 5.75 Å². The minimum atomic E-state index is 0.0281. The number of hydrogen-bond acceptors (Lipinski definition) is 3. The standard InChI is InChI=1S/C15H22N2O2/c1-11(12-5-7-14(19-2)8-6-12)17-15(18)13-4-3-9-16-10-13/h5-8,11,13,16H,3-4,9-10H2,1-2H3,(H,17,18)/t11?,13-/m1/s1. The predicted octanol–water partition coefficient (Wildman–Crippen LogP) is 1.87. The van der Waals surface area contributed by atoms with E-state index in [4.69, 9.17) is 4.74 Å². The topological polar surface area (TPSA) is 50.4 Å². The summed E-state index contributed by atoms with van der Waals surface area (Å²) >= 11 is 0. The Morgan fingerprint density at radius 1 is 1.42 bits per heavy atom. The van der Waals surface area contributed by atoms with Gasteiger partial charge in [-0.25, -0.2) is 0 Å². The Hall–Kier alpha value is -1.55. The fourth-order valence-corrected chi connectivity index (χ4v) is 2.38. The lowest BCUT2D eigenvalue weighted by atomic mass is 9.98. The van der Waals surface area contributed by atoms with Crippen LogP contribution in [0.3, 0.4) is 0 Å². The highest BCUT2D eigenvalue weighted by Crippen LogP contribution is 2.18. The molecule has 1 fully saturated rings. The van der Waals surface area contributed by atoms with Gasteiger partial charge < -0.3 is 15.4 Å². The Morgan fingerprint density at radius 2 is 2.16 bits per heavy atom. The Balaban J connectivity index is 1.91. The van der Waals surface area contributed by atoms with Crippen molar-refractivity contribution in [3.63, 3.8) is 0 Å². The van der Waals surface area contributed by atoms with Gasteiger partial charge in [-0.2, -0.15) is 0 Å². The third-order valence-electron chi connectivity index (χ3n) is 3.64. The largest absolute Gasteiger partial charge is 0.497 e. The molecule has 1 aliphatic rings. The fourth-order valence-electron chi connectivity index (χ4n) is 2.38. The molecule has 2 atom stereocenters. The maximum Gasteiger partial charge on any atom is 0.224 e. The van der Waals surface area contributed by atoms with Crippen LogP contribution in [0.2, 0.25) is 0 Å². The maximum absolute atomic E-state index is 12.1. The second-order valence-electron chi connectivity index (χ2n) is 5.05. The van der Waals surface area contributed by atoms with Gasteiger partial charge in [-0.05, 0) is 44.0 Å². The van der Waals surface area contributed by atoms with Crippen molar-refractivity contribution in [3.8, 4) is 5.75 Å². The van der Waals surface area contributed by atoms with Gasteiger partial charge in [-0.1, -0.05) is 12.1 Å². The Labute approximate surface area is 114 Å². The predicted molar refractivity (Wildman–Crippen MR) is 75.1 cm³/mol. The first kappa shape index (κ1) is 13.9. The van der Waals surface area contributed by atoms with Gasteiger partial charge in [-0.3, -0.25) is 4.79 Å². The molecule has 104 valence electrons. The van der Waals surface area contributed by atoms with Crippen molar-refractivity contribution in [3.05, 3.63) is 29.8 Å². The van der Waals surface area contributed by atoms with Crippen LogP contribution in [-0.2, 0) is 4.79 Å². The lowest BCUT2D eigenvalue weighted by Crippen LogP contribution is -2.41. The van der Waals surface area contributed by atoms with Crippen LogP contribution >= 0.6 is 0 Å². The van der Waals surface area contributed by atoms with Gasteiger partial charge in [0, 0.05) is 6.54 Å². The van der Waals surface area contributed by atoms with Crippen LogP contribution in [-0.4, -0.2) is 26.1 Å². The Kier molecular flexibility index (Phi) is 4.80. The molecular formula is C15H22N2O2. The normalized spacial score (nSPS) is 20.6. The van der Waals surface area contributed by atoms with Crippen LogP contribution in [0.4, 0.5) is 0 Å². The van der Waals surface area contributed by atoms with Crippen molar-refractivity contribution in [2.75, 3.05) is 20.2 Å². The third-order valence-corrected chi connectivity index (χ3v) is 3.64. The minimum absolute atomic E-state index is 0.0281. The van der Waals surface area contributed by atoms with E-state index in [1.807, 2.05) is 31.2 Å². The average Bonchev–Trinajstić information content (AvgIpc) is 2.48. The molecule has 0 spiro atoms. The van der Waals surface area contributed by atoms with E-state index in [1.54, 1.807) is 7.11 Å². The highest BCUT2D eigenvalue weighted by atomic mass is 16.5. The number of rotatable bonds is 4. The van der Waals surface area contributed by atoms with Crippen molar-refractivity contribution < 1.29 is 9.53 Å². The van der Waals surface area contributed by atoms with E-state index in [0.717, 1.165) is 37.2 Å². The first-order chi connectivity index (χ1) is 9.20. The number of nitrogens with one attached hydrogen (secondary N) is 2. The SMILES string of the molecule is COc1ccc(C(C)NC(=O)[C@@H]2CCCNC2)cc1. The van der Waals surface area contributed by atoms with Crippen molar-refractivity contribution in [2.24, 2.45) is 5.92 Å². The van der Waals surface area contributed by atoms with E-state index < -0.39 is 0 Å². The van der Waals surface area contributed by atoms with Crippen molar-refractivity contribution in [1.82, 2.24) is 10.6 Å². The zero-order valence-corrected chi connectivity index (χ0v) is 11.6.